The number of hydrogen-bond donors (Lipinski definition) is 1. The van der Waals surface area contributed by atoms with Gasteiger partial charge in [-0.25, -0.2) is 9.69 Å². The molecule has 1 aliphatic rings. The van der Waals surface area contributed by atoms with Crippen LogP contribution in [0.2, 0.25) is 0 Å². The van der Waals surface area contributed by atoms with E-state index >= 15 is 0 Å². The maximum absolute atomic E-state index is 13.3. The van der Waals surface area contributed by atoms with Crippen LogP contribution >= 0.6 is 31.9 Å². The Morgan fingerprint density at radius 3 is 2.28 bits per heavy atom. The lowest BCUT2D eigenvalue weighted by atomic mass is 10.1. The highest BCUT2D eigenvalue weighted by molar-refractivity contribution is 9.10. The molecule has 0 bridgehead atoms. The number of hydrogen-bond acceptors (Lipinski definition) is 6. The number of nitrogens with zero attached hydrogens (tertiary/aromatic N) is 1. The number of carbonyl (C=O) groups excluding carboxylic acids is 3. The third kappa shape index (κ3) is 6.88. The first-order valence-electron chi connectivity index (χ1n) is 12.3. The van der Waals surface area contributed by atoms with Crippen molar-refractivity contribution < 1.29 is 28.6 Å². The van der Waals surface area contributed by atoms with Gasteiger partial charge in [-0.2, -0.15) is 0 Å². The molecule has 4 amide bonds. The minimum atomic E-state index is -0.822. The summed E-state index contributed by atoms with van der Waals surface area (Å²) < 4.78 is 19.0. The van der Waals surface area contributed by atoms with Crippen molar-refractivity contribution in [2.45, 2.75) is 26.9 Å². The van der Waals surface area contributed by atoms with Gasteiger partial charge in [0.1, 0.15) is 17.9 Å². The molecule has 0 spiro atoms. The van der Waals surface area contributed by atoms with Crippen LogP contribution in [-0.2, 0) is 16.2 Å². The summed E-state index contributed by atoms with van der Waals surface area (Å²) in [6, 6.07) is 16.9. The van der Waals surface area contributed by atoms with Crippen LogP contribution in [0, 0.1) is 0 Å². The van der Waals surface area contributed by atoms with Gasteiger partial charge in [0.2, 0.25) is 0 Å². The van der Waals surface area contributed by atoms with Gasteiger partial charge in [0, 0.05) is 4.47 Å². The van der Waals surface area contributed by atoms with Crippen molar-refractivity contribution in [3.8, 4) is 17.2 Å². The number of carbonyl (C=O) groups is 3. The minimum Gasteiger partial charge on any atom is -0.494 e. The van der Waals surface area contributed by atoms with E-state index in [1.165, 1.54) is 6.08 Å². The predicted molar refractivity (Wildman–Crippen MR) is 155 cm³/mol. The van der Waals surface area contributed by atoms with Crippen molar-refractivity contribution in [3.63, 3.8) is 0 Å². The van der Waals surface area contributed by atoms with Crippen LogP contribution in [0.3, 0.4) is 0 Å². The summed E-state index contributed by atoms with van der Waals surface area (Å²) in [6.45, 7) is 5.08. The second-order valence-electron chi connectivity index (χ2n) is 8.48. The SMILES string of the molecule is CCCOc1ccc(N2C(=O)NC(=O)/C(=C/c3cc(Br)c(OCc4ccc(Br)cc4)c(OCC)c3)C2=O)cc1. The lowest BCUT2D eigenvalue weighted by molar-refractivity contribution is -0.122. The molecule has 0 radical (unpaired) electrons. The monoisotopic (exact) mass is 656 g/mol. The molecule has 0 aliphatic carbocycles. The molecule has 3 aromatic rings. The van der Waals surface area contributed by atoms with Gasteiger partial charge < -0.3 is 14.2 Å². The highest BCUT2D eigenvalue weighted by atomic mass is 79.9. The minimum absolute atomic E-state index is 0.196. The van der Waals surface area contributed by atoms with Gasteiger partial charge >= 0.3 is 6.03 Å². The Morgan fingerprint density at radius 2 is 1.62 bits per heavy atom. The summed E-state index contributed by atoms with van der Waals surface area (Å²) in [5, 5.41) is 2.24. The van der Waals surface area contributed by atoms with Gasteiger partial charge in [0.15, 0.2) is 11.5 Å². The molecule has 0 unspecified atom stereocenters. The van der Waals surface area contributed by atoms with Crippen LogP contribution in [0.4, 0.5) is 10.5 Å². The van der Waals surface area contributed by atoms with Crippen molar-refractivity contribution in [1.82, 2.24) is 5.32 Å². The number of urea groups is 1. The van der Waals surface area contributed by atoms with Crippen LogP contribution in [0.15, 0.2) is 75.2 Å². The molecular weight excluding hydrogens is 632 g/mol. The first kappa shape index (κ1) is 28.4. The molecule has 8 nitrogen and oxygen atoms in total. The van der Waals surface area contributed by atoms with E-state index in [1.54, 1.807) is 36.4 Å². The molecular formula is C29H26Br2N2O6. The number of imide groups is 2. The molecule has 0 aromatic heterocycles. The van der Waals surface area contributed by atoms with E-state index in [0.717, 1.165) is 21.4 Å². The molecule has 202 valence electrons. The zero-order chi connectivity index (χ0) is 27.9. The highest BCUT2D eigenvalue weighted by Gasteiger charge is 2.37. The second-order valence-corrected chi connectivity index (χ2v) is 10.2. The fourth-order valence-corrected chi connectivity index (χ4v) is 4.62. The summed E-state index contributed by atoms with van der Waals surface area (Å²) in [5.41, 5.74) is 1.60. The molecule has 1 saturated heterocycles. The molecule has 1 N–H and O–H groups in total. The van der Waals surface area contributed by atoms with Gasteiger partial charge in [-0.1, -0.05) is 35.0 Å². The van der Waals surface area contributed by atoms with Crippen molar-refractivity contribution in [3.05, 3.63) is 86.3 Å². The zero-order valence-corrected chi connectivity index (χ0v) is 24.5. The Kier molecular flexibility index (Phi) is 9.42. The third-order valence-corrected chi connectivity index (χ3v) is 6.73. The molecule has 3 aromatic carbocycles. The Labute approximate surface area is 243 Å². The second kappa shape index (κ2) is 12.9. The number of anilines is 1. The molecule has 1 aliphatic heterocycles. The van der Waals surface area contributed by atoms with Crippen LogP contribution in [0.1, 0.15) is 31.4 Å². The Bertz CT molecular complexity index is 1400. The zero-order valence-electron chi connectivity index (χ0n) is 21.3. The number of benzene rings is 3. The number of rotatable bonds is 10. The Morgan fingerprint density at radius 1 is 0.897 bits per heavy atom. The van der Waals surface area contributed by atoms with Crippen molar-refractivity contribution in [2.75, 3.05) is 18.1 Å². The number of halogens is 2. The third-order valence-electron chi connectivity index (χ3n) is 5.61. The van der Waals surface area contributed by atoms with E-state index in [-0.39, 0.29) is 5.57 Å². The summed E-state index contributed by atoms with van der Waals surface area (Å²) in [6.07, 6.45) is 2.27. The fraction of sp³-hybridized carbons (Fsp3) is 0.207. The van der Waals surface area contributed by atoms with E-state index in [2.05, 4.69) is 37.2 Å². The fourth-order valence-electron chi connectivity index (χ4n) is 3.78. The van der Waals surface area contributed by atoms with Crippen LogP contribution < -0.4 is 24.4 Å². The van der Waals surface area contributed by atoms with Crippen molar-refractivity contribution in [2.24, 2.45) is 0 Å². The number of barbiturate groups is 1. The summed E-state index contributed by atoms with van der Waals surface area (Å²) in [5.74, 6) is 0.0242. The number of amides is 4. The Hall–Kier alpha value is -3.63. The molecule has 39 heavy (non-hydrogen) atoms. The predicted octanol–water partition coefficient (Wildman–Crippen LogP) is 6.64. The van der Waals surface area contributed by atoms with E-state index in [4.69, 9.17) is 14.2 Å². The smallest absolute Gasteiger partial charge is 0.335 e. The molecule has 0 atom stereocenters. The summed E-state index contributed by atoms with van der Waals surface area (Å²) >= 11 is 6.95. The van der Waals surface area contributed by atoms with Crippen molar-refractivity contribution in [1.29, 1.82) is 0 Å². The van der Waals surface area contributed by atoms with Gasteiger partial charge in [-0.15, -0.1) is 0 Å². The quantitative estimate of drug-likeness (QED) is 0.194. The van der Waals surface area contributed by atoms with Gasteiger partial charge in [0.25, 0.3) is 11.8 Å². The maximum Gasteiger partial charge on any atom is 0.335 e. The van der Waals surface area contributed by atoms with Gasteiger partial charge in [-0.3, -0.25) is 14.9 Å². The number of nitrogens with one attached hydrogen (secondary N) is 1. The molecule has 0 saturated carbocycles. The molecule has 1 heterocycles. The molecule has 4 rings (SSSR count). The average molecular weight is 658 g/mol. The first-order valence-corrected chi connectivity index (χ1v) is 13.9. The molecule has 10 heteroatoms. The topological polar surface area (TPSA) is 94.2 Å². The summed E-state index contributed by atoms with van der Waals surface area (Å²) in [7, 11) is 0. The lowest BCUT2D eigenvalue weighted by Gasteiger charge is -2.26. The van der Waals surface area contributed by atoms with E-state index in [1.807, 2.05) is 38.1 Å². The van der Waals surface area contributed by atoms with Crippen LogP contribution in [0.5, 0.6) is 17.2 Å². The van der Waals surface area contributed by atoms with E-state index in [0.29, 0.717) is 52.8 Å². The van der Waals surface area contributed by atoms with E-state index < -0.39 is 17.8 Å². The van der Waals surface area contributed by atoms with Crippen molar-refractivity contribution >= 4 is 61.5 Å². The van der Waals surface area contributed by atoms with Gasteiger partial charge in [-0.05, 0) is 95.0 Å². The largest absolute Gasteiger partial charge is 0.494 e. The first-order chi connectivity index (χ1) is 18.8. The Balaban J connectivity index is 1.61. The van der Waals surface area contributed by atoms with Gasteiger partial charge in [0.05, 0.1) is 23.4 Å². The normalized spacial score (nSPS) is 14.4. The average Bonchev–Trinajstić information content (AvgIpc) is 2.91. The lowest BCUT2D eigenvalue weighted by Crippen LogP contribution is -2.54. The molecule has 1 fully saturated rings. The summed E-state index contributed by atoms with van der Waals surface area (Å²) in [4.78, 5) is 39.5. The standard InChI is InChI=1S/C29H26Br2N2O6/c1-3-13-38-22-11-9-21(10-12-22)33-28(35)23(27(34)32-29(33)36)14-19-15-24(31)26(25(16-19)37-4-2)39-17-18-5-7-20(30)8-6-18/h5-12,14-16H,3-4,13,17H2,1-2H3,(H,32,34,36)/b23-14-. The number of ether oxygens (including phenoxy) is 3. The van der Waals surface area contributed by atoms with Crippen LogP contribution in [0.25, 0.3) is 6.08 Å². The van der Waals surface area contributed by atoms with Crippen LogP contribution in [-0.4, -0.2) is 31.1 Å². The maximum atomic E-state index is 13.3. The van der Waals surface area contributed by atoms with E-state index in [9.17, 15) is 14.4 Å². The highest BCUT2D eigenvalue weighted by Crippen LogP contribution is 2.38.